The number of H-pyrrole nitrogens is 1. The van der Waals surface area contributed by atoms with Crippen molar-refractivity contribution in [2.75, 3.05) is 6.61 Å². The number of aromatic amines is 1. The number of aryl methyl sites for hydroxylation is 1. The molecule has 12 heteroatoms. The molecule has 3 aliphatic rings. The minimum absolute atomic E-state index is 0.140. The van der Waals surface area contributed by atoms with E-state index in [4.69, 9.17) is 22.5 Å². The summed E-state index contributed by atoms with van der Waals surface area (Å²) in [7, 11) is -5.72. The molecule has 0 amide bonds. The van der Waals surface area contributed by atoms with Gasteiger partial charge in [-0.15, -0.1) is 0 Å². The summed E-state index contributed by atoms with van der Waals surface area (Å²) in [5.41, 5.74) is 2.31. The SMILES string of the molecule is Cc1cn([C@@H]2O[C@]34CO[Si](C(C)C)(C(C)C)O[Si](C(C)C)(C(C)C)OC3[C@@H]2ON[C@@H]4C)c(=O)[nH]c1=O. The Morgan fingerprint density at radius 2 is 1.58 bits per heavy atom. The van der Waals surface area contributed by atoms with Crippen molar-refractivity contribution in [3.63, 3.8) is 0 Å². The van der Waals surface area contributed by atoms with Crippen LogP contribution in [0.2, 0.25) is 22.2 Å². The zero-order valence-electron chi connectivity index (χ0n) is 23.2. The molecule has 0 aliphatic carbocycles. The highest BCUT2D eigenvalue weighted by Gasteiger charge is 2.69. The first-order chi connectivity index (χ1) is 16.7. The van der Waals surface area contributed by atoms with E-state index in [2.05, 4.69) is 65.9 Å². The van der Waals surface area contributed by atoms with Crippen molar-refractivity contribution in [1.29, 1.82) is 0 Å². The van der Waals surface area contributed by atoms with E-state index in [9.17, 15) is 9.59 Å². The minimum Gasteiger partial charge on any atom is -0.414 e. The van der Waals surface area contributed by atoms with Gasteiger partial charge in [-0.2, -0.15) is 5.48 Å². The average Bonchev–Trinajstić information content (AvgIpc) is 2.98. The van der Waals surface area contributed by atoms with Gasteiger partial charge in [0.2, 0.25) is 0 Å². The quantitative estimate of drug-likeness (QED) is 0.546. The molecule has 204 valence electrons. The van der Waals surface area contributed by atoms with Crippen LogP contribution in [-0.4, -0.2) is 57.1 Å². The first kappa shape index (κ1) is 27.9. The van der Waals surface area contributed by atoms with Crippen LogP contribution in [0.3, 0.4) is 0 Å². The third-order valence-electron chi connectivity index (χ3n) is 8.31. The molecular formula is C24H43N3O7Si2. The van der Waals surface area contributed by atoms with E-state index >= 15 is 0 Å². The predicted molar refractivity (Wildman–Crippen MR) is 140 cm³/mol. The summed E-state index contributed by atoms with van der Waals surface area (Å²) in [5, 5.41) is 0. The number of aromatic nitrogens is 2. The molecule has 0 radical (unpaired) electrons. The van der Waals surface area contributed by atoms with Gasteiger partial charge in [0.25, 0.3) is 5.56 Å². The van der Waals surface area contributed by atoms with Crippen LogP contribution >= 0.6 is 0 Å². The molecule has 1 aromatic rings. The fourth-order valence-electron chi connectivity index (χ4n) is 6.07. The number of nitrogens with one attached hydrogen (secondary N) is 2. The lowest BCUT2D eigenvalue weighted by Crippen LogP contribution is -2.73. The minimum atomic E-state index is -2.93. The molecule has 10 nitrogen and oxygen atoms in total. The fourth-order valence-corrected chi connectivity index (χ4v) is 17.3. The molecule has 1 aromatic heterocycles. The Balaban J connectivity index is 1.91. The Hall–Kier alpha value is -1.13. The van der Waals surface area contributed by atoms with Gasteiger partial charge in [-0.25, -0.2) is 4.79 Å². The third-order valence-corrected chi connectivity index (χ3v) is 18.5. The highest BCUT2D eigenvalue weighted by Crippen LogP contribution is 2.53. The fraction of sp³-hybridized carbons (Fsp3) is 0.833. The Labute approximate surface area is 215 Å². The van der Waals surface area contributed by atoms with Gasteiger partial charge in [-0.3, -0.25) is 19.2 Å². The molecular weight excluding hydrogens is 498 g/mol. The van der Waals surface area contributed by atoms with Crippen molar-refractivity contribution in [1.82, 2.24) is 15.0 Å². The van der Waals surface area contributed by atoms with Crippen molar-refractivity contribution in [3.8, 4) is 0 Å². The molecule has 36 heavy (non-hydrogen) atoms. The van der Waals surface area contributed by atoms with Crippen molar-refractivity contribution in [3.05, 3.63) is 32.6 Å². The van der Waals surface area contributed by atoms with Crippen molar-refractivity contribution in [2.45, 2.75) is 121 Å². The Kier molecular flexibility index (Phi) is 7.41. The molecule has 0 aromatic carbocycles. The van der Waals surface area contributed by atoms with Gasteiger partial charge in [0, 0.05) is 11.8 Å². The van der Waals surface area contributed by atoms with E-state index in [-0.39, 0.29) is 34.8 Å². The number of hydrogen-bond donors (Lipinski definition) is 2. The van der Waals surface area contributed by atoms with Crippen LogP contribution in [-0.2, 0) is 22.5 Å². The molecule has 0 saturated carbocycles. The summed E-state index contributed by atoms with van der Waals surface area (Å²) in [6.07, 6.45) is -0.453. The Morgan fingerprint density at radius 1 is 1.00 bits per heavy atom. The second-order valence-electron chi connectivity index (χ2n) is 11.9. The predicted octanol–water partition coefficient (Wildman–Crippen LogP) is 3.36. The molecule has 3 fully saturated rings. The zero-order valence-corrected chi connectivity index (χ0v) is 25.2. The maximum atomic E-state index is 12.9. The Bertz CT molecular complexity index is 1070. The third kappa shape index (κ3) is 4.04. The second-order valence-corrected chi connectivity index (χ2v) is 20.7. The van der Waals surface area contributed by atoms with Gasteiger partial charge in [-0.05, 0) is 36.0 Å². The standard InChI is InChI=1S/C24H43N3O7Si2/c1-13(2)35(14(3)4)30-12-24-18(10)26-32-19(20(24)33-36(34-35,15(5)6)16(7)8)22(31-24)27-11-17(9)21(28)25-23(27)29/h11,13-16,18-20,22,26H,12H2,1-10H3,(H,25,28,29)/t18-,19+,20?,22-,24+/m1/s1. The summed E-state index contributed by atoms with van der Waals surface area (Å²) in [6.45, 7) is 21.3. The van der Waals surface area contributed by atoms with Crippen LogP contribution in [0, 0.1) is 6.92 Å². The lowest BCUT2D eigenvalue weighted by atomic mass is 9.88. The molecule has 1 unspecified atom stereocenters. The Morgan fingerprint density at radius 3 is 2.14 bits per heavy atom. The molecule has 3 saturated heterocycles. The molecule has 5 atom stereocenters. The first-order valence-corrected chi connectivity index (χ1v) is 17.1. The molecule has 2 N–H and O–H groups in total. The van der Waals surface area contributed by atoms with Gasteiger partial charge < -0.3 is 17.7 Å². The zero-order chi connectivity index (χ0) is 26.8. The first-order valence-electron chi connectivity index (χ1n) is 13.1. The largest absolute Gasteiger partial charge is 0.414 e. The summed E-state index contributed by atoms with van der Waals surface area (Å²) >= 11 is 0. The van der Waals surface area contributed by atoms with Crippen molar-refractivity contribution < 1.29 is 22.5 Å². The van der Waals surface area contributed by atoms with Gasteiger partial charge in [-0.1, -0.05) is 55.4 Å². The van der Waals surface area contributed by atoms with E-state index in [1.54, 1.807) is 6.92 Å². The van der Waals surface area contributed by atoms with E-state index in [0.29, 0.717) is 5.56 Å². The van der Waals surface area contributed by atoms with Crippen LogP contribution in [0.1, 0.15) is 74.1 Å². The van der Waals surface area contributed by atoms with Crippen molar-refractivity contribution in [2.24, 2.45) is 0 Å². The van der Waals surface area contributed by atoms with E-state index in [1.165, 1.54) is 10.8 Å². The number of hydroxylamine groups is 1. The van der Waals surface area contributed by atoms with Crippen LogP contribution < -0.4 is 16.7 Å². The molecule has 0 spiro atoms. The average molecular weight is 542 g/mol. The summed E-state index contributed by atoms with van der Waals surface area (Å²) in [6, 6.07) is -0.279. The van der Waals surface area contributed by atoms with Crippen LogP contribution in [0.15, 0.2) is 15.8 Å². The smallest absolute Gasteiger partial charge is 0.335 e. The number of nitrogens with zero attached hydrogens (tertiary/aromatic N) is 1. The van der Waals surface area contributed by atoms with Gasteiger partial charge in [0.15, 0.2) is 12.3 Å². The molecule has 4 rings (SSSR count). The summed E-state index contributed by atoms with van der Waals surface area (Å²) in [5.74, 6) is 0. The van der Waals surface area contributed by atoms with Crippen LogP contribution in [0.4, 0.5) is 0 Å². The maximum Gasteiger partial charge on any atom is 0.335 e. The van der Waals surface area contributed by atoms with Gasteiger partial charge >= 0.3 is 22.8 Å². The second kappa shape index (κ2) is 9.56. The topological polar surface area (TPSA) is 113 Å². The number of hydrogen-bond acceptors (Lipinski definition) is 8. The van der Waals surface area contributed by atoms with E-state index in [1.807, 2.05) is 6.92 Å². The highest BCUT2D eigenvalue weighted by molar-refractivity contribution is 6.84. The highest BCUT2D eigenvalue weighted by atomic mass is 28.5. The summed E-state index contributed by atoms with van der Waals surface area (Å²) in [4.78, 5) is 33.4. The van der Waals surface area contributed by atoms with Gasteiger partial charge in [0.1, 0.15) is 11.7 Å². The van der Waals surface area contributed by atoms with E-state index < -0.39 is 52.4 Å². The van der Waals surface area contributed by atoms with Crippen LogP contribution in [0.25, 0.3) is 0 Å². The van der Waals surface area contributed by atoms with E-state index in [0.717, 1.165) is 0 Å². The van der Waals surface area contributed by atoms with Crippen LogP contribution in [0.5, 0.6) is 0 Å². The lowest BCUT2D eigenvalue weighted by Gasteiger charge is -2.55. The summed E-state index contributed by atoms with van der Waals surface area (Å²) < 4.78 is 29.7. The number of rotatable bonds is 5. The maximum absolute atomic E-state index is 12.9. The number of ether oxygens (including phenoxy) is 1. The molecule has 4 heterocycles. The monoisotopic (exact) mass is 541 g/mol. The van der Waals surface area contributed by atoms with Crippen molar-refractivity contribution >= 4 is 17.1 Å². The molecule has 2 bridgehead atoms. The van der Waals surface area contributed by atoms with Gasteiger partial charge in [0.05, 0.1) is 12.6 Å². The normalized spacial score (nSPS) is 33.7. The lowest BCUT2D eigenvalue weighted by molar-refractivity contribution is -0.188. The molecule has 3 aliphatic heterocycles.